The van der Waals surface area contributed by atoms with Crippen LogP contribution >= 0.6 is 0 Å². The largest absolute Gasteiger partial charge is 0.338 e. The number of amides is 2. The lowest BCUT2D eigenvalue weighted by Gasteiger charge is -2.22. The first kappa shape index (κ1) is 15.3. The summed E-state index contributed by atoms with van der Waals surface area (Å²) in [5.41, 5.74) is -0.158. The number of carbonyl (C=O) groups is 1. The summed E-state index contributed by atoms with van der Waals surface area (Å²) in [5.74, 6) is 0.616. The van der Waals surface area contributed by atoms with Crippen molar-refractivity contribution in [1.29, 1.82) is 0 Å². The molecule has 0 aromatic rings. The van der Waals surface area contributed by atoms with Gasteiger partial charge in [-0.1, -0.05) is 33.1 Å². The molecule has 16 heavy (non-hydrogen) atoms. The molecule has 0 aliphatic heterocycles. The molecule has 2 N–H and O–H groups in total. The molecule has 0 spiro atoms. The van der Waals surface area contributed by atoms with Crippen LogP contribution in [0.25, 0.3) is 0 Å². The maximum Gasteiger partial charge on any atom is 0.315 e. The molecule has 1 unspecified atom stereocenters. The average Bonchev–Trinajstić information content (AvgIpc) is 2.15. The third kappa shape index (κ3) is 8.57. The highest BCUT2D eigenvalue weighted by molar-refractivity contribution is 5.74. The van der Waals surface area contributed by atoms with E-state index in [9.17, 15) is 4.79 Å². The number of hydrogen-bond acceptors (Lipinski definition) is 1. The highest BCUT2D eigenvalue weighted by atomic mass is 16.2. The van der Waals surface area contributed by atoms with Crippen molar-refractivity contribution in [3.8, 4) is 0 Å². The molecule has 96 valence electrons. The van der Waals surface area contributed by atoms with Crippen LogP contribution in [0.4, 0.5) is 4.79 Å². The van der Waals surface area contributed by atoms with Crippen molar-refractivity contribution in [2.45, 2.75) is 65.8 Å². The standard InChI is InChI=1S/C13H28N2O/c1-6-8-9-11(7-2)10-14-12(16)15-13(3,4)5/h11H,6-10H2,1-5H3,(H2,14,15,16). The maximum absolute atomic E-state index is 11.5. The van der Waals surface area contributed by atoms with Gasteiger partial charge in [0.25, 0.3) is 0 Å². The third-order valence-corrected chi connectivity index (χ3v) is 2.58. The number of carbonyl (C=O) groups excluding carboxylic acids is 1. The minimum Gasteiger partial charge on any atom is -0.338 e. The molecule has 0 saturated heterocycles. The van der Waals surface area contributed by atoms with Crippen LogP contribution in [0.5, 0.6) is 0 Å². The van der Waals surface area contributed by atoms with Gasteiger partial charge in [-0.2, -0.15) is 0 Å². The molecule has 0 fully saturated rings. The van der Waals surface area contributed by atoms with Crippen LogP contribution in [-0.4, -0.2) is 18.1 Å². The van der Waals surface area contributed by atoms with Gasteiger partial charge < -0.3 is 10.6 Å². The van der Waals surface area contributed by atoms with Crippen molar-refractivity contribution < 1.29 is 4.79 Å². The molecule has 1 atom stereocenters. The van der Waals surface area contributed by atoms with Crippen LogP contribution in [0, 0.1) is 5.92 Å². The van der Waals surface area contributed by atoms with E-state index in [1.54, 1.807) is 0 Å². The molecule has 0 aliphatic rings. The Hall–Kier alpha value is -0.730. The van der Waals surface area contributed by atoms with Crippen molar-refractivity contribution in [3.05, 3.63) is 0 Å². The molecule has 3 heteroatoms. The van der Waals surface area contributed by atoms with Crippen LogP contribution in [0.3, 0.4) is 0 Å². The van der Waals surface area contributed by atoms with E-state index in [1.165, 1.54) is 19.3 Å². The van der Waals surface area contributed by atoms with Crippen molar-refractivity contribution in [1.82, 2.24) is 10.6 Å². The highest BCUT2D eigenvalue weighted by Crippen LogP contribution is 2.11. The SMILES string of the molecule is CCCCC(CC)CNC(=O)NC(C)(C)C. The summed E-state index contributed by atoms with van der Waals surface area (Å²) in [6.07, 6.45) is 4.82. The second kappa shape index (κ2) is 7.53. The number of rotatable bonds is 6. The second-order valence-electron chi connectivity index (χ2n) is 5.50. The lowest BCUT2D eigenvalue weighted by Crippen LogP contribution is -2.47. The summed E-state index contributed by atoms with van der Waals surface area (Å²) in [5, 5.41) is 5.85. The molecular formula is C13H28N2O. The molecule has 0 aromatic heterocycles. The van der Waals surface area contributed by atoms with E-state index in [4.69, 9.17) is 0 Å². The van der Waals surface area contributed by atoms with Gasteiger partial charge in [-0.05, 0) is 33.1 Å². The van der Waals surface area contributed by atoms with Gasteiger partial charge in [-0.3, -0.25) is 0 Å². The van der Waals surface area contributed by atoms with Gasteiger partial charge in [0, 0.05) is 12.1 Å². The Labute approximate surface area is 100 Å². The molecule has 0 aromatic carbocycles. The summed E-state index contributed by atoms with van der Waals surface area (Å²) < 4.78 is 0. The van der Waals surface area contributed by atoms with E-state index in [-0.39, 0.29) is 11.6 Å². The summed E-state index contributed by atoms with van der Waals surface area (Å²) in [4.78, 5) is 11.5. The van der Waals surface area contributed by atoms with Gasteiger partial charge >= 0.3 is 6.03 Å². The maximum atomic E-state index is 11.5. The first-order chi connectivity index (χ1) is 7.39. The van der Waals surface area contributed by atoms with E-state index in [0.29, 0.717) is 5.92 Å². The van der Waals surface area contributed by atoms with Gasteiger partial charge in [0.2, 0.25) is 0 Å². The Balaban J connectivity index is 3.79. The Morgan fingerprint density at radius 1 is 1.25 bits per heavy atom. The van der Waals surface area contributed by atoms with Crippen molar-refractivity contribution in [2.75, 3.05) is 6.54 Å². The van der Waals surface area contributed by atoms with Crippen molar-refractivity contribution in [2.24, 2.45) is 5.92 Å². The van der Waals surface area contributed by atoms with Crippen LogP contribution < -0.4 is 10.6 Å². The molecular weight excluding hydrogens is 200 g/mol. The second-order valence-corrected chi connectivity index (χ2v) is 5.50. The number of unbranched alkanes of at least 4 members (excludes halogenated alkanes) is 1. The molecule has 0 rings (SSSR count). The lowest BCUT2D eigenvalue weighted by molar-refractivity contribution is 0.229. The predicted octanol–water partition coefficient (Wildman–Crippen LogP) is 3.30. The van der Waals surface area contributed by atoms with Crippen LogP contribution in [0.15, 0.2) is 0 Å². The Kier molecular flexibility index (Phi) is 7.18. The Bertz CT molecular complexity index is 197. The first-order valence-corrected chi connectivity index (χ1v) is 6.45. The fourth-order valence-corrected chi connectivity index (χ4v) is 1.57. The fraction of sp³-hybridized carbons (Fsp3) is 0.923. The van der Waals surface area contributed by atoms with E-state index < -0.39 is 0 Å². The number of nitrogens with one attached hydrogen (secondary N) is 2. The van der Waals surface area contributed by atoms with Gasteiger partial charge in [-0.25, -0.2) is 4.79 Å². The van der Waals surface area contributed by atoms with E-state index in [1.807, 2.05) is 20.8 Å². The van der Waals surface area contributed by atoms with Crippen LogP contribution in [0.2, 0.25) is 0 Å². The van der Waals surface area contributed by atoms with Gasteiger partial charge in [0.1, 0.15) is 0 Å². The normalized spacial score (nSPS) is 13.3. The van der Waals surface area contributed by atoms with Crippen molar-refractivity contribution in [3.63, 3.8) is 0 Å². The van der Waals surface area contributed by atoms with Gasteiger partial charge in [0.05, 0.1) is 0 Å². The Morgan fingerprint density at radius 3 is 2.31 bits per heavy atom. The fourth-order valence-electron chi connectivity index (χ4n) is 1.57. The summed E-state index contributed by atoms with van der Waals surface area (Å²) in [6, 6.07) is -0.0533. The predicted molar refractivity (Wildman–Crippen MR) is 69.6 cm³/mol. The van der Waals surface area contributed by atoms with Gasteiger partial charge in [-0.15, -0.1) is 0 Å². The molecule has 0 saturated carbocycles. The summed E-state index contributed by atoms with van der Waals surface area (Å²) in [7, 11) is 0. The monoisotopic (exact) mass is 228 g/mol. The molecule has 2 amide bonds. The number of hydrogen-bond donors (Lipinski definition) is 2. The zero-order valence-corrected chi connectivity index (χ0v) is 11.5. The van der Waals surface area contributed by atoms with E-state index >= 15 is 0 Å². The minimum absolute atomic E-state index is 0.0533. The minimum atomic E-state index is -0.158. The quantitative estimate of drug-likeness (QED) is 0.719. The Morgan fingerprint density at radius 2 is 1.88 bits per heavy atom. The zero-order chi connectivity index (χ0) is 12.6. The average molecular weight is 228 g/mol. The zero-order valence-electron chi connectivity index (χ0n) is 11.5. The summed E-state index contributed by atoms with van der Waals surface area (Å²) in [6.45, 7) is 11.1. The van der Waals surface area contributed by atoms with Crippen LogP contribution in [0.1, 0.15) is 60.3 Å². The molecule has 0 bridgehead atoms. The molecule has 0 aliphatic carbocycles. The van der Waals surface area contributed by atoms with Crippen LogP contribution in [-0.2, 0) is 0 Å². The lowest BCUT2D eigenvalue weighted by atomic mass is 9.99. The topological polar surface area (TPSA) is 41.1 Å². The molecule has 3 nitrogen and oxygen atoms in total. The third-order valence-electron chi connectivity index (χ3n) is 2.58. The van der Waals surface area contributed by atoms with Gasteiger partial charge in [0.15, 0.2) is 0 Å². The highest BCUT2D eigenvalue weighted by Gasteiger charge is 2.14. The first-order valence-electron chi connectivity index (χ1n) is 6.45. The van der Waals surface area contributed by atoms with E-state index in [2.05, 4.69) is 24.5 Å². The van der Waals surface area contributed by atoms with Crippen molar-refractivity contribution >= 4 is 6.03 Å². The molecule has 0 radical (unpaired) electrons. The summed E-state index contributed by atoms with van der Waals surface area (Å²) >= 11 is 0. The van der Waals surface area contributed by atoms with E-state index in [0.717, 1.165) is 13.0 Å². The number of urea groups is 1. The smallest absolute Gasteiger partial charge is 0.315 e. The molecule has 0 heterocycles.